The number of hydrogen-bond donors (Lipinski definition) is 1. The number of halogens is 1. The summed E-state index contributed by atoms with van der Waals surface area (Å²) in [6.45, 7) is 4.31. The van der Waals surface area contributed by atoms with Gasteiger partial charge >= 0.3 is 0 Å². The van der Waals surface area contributed by atoms with E-state index in [1.165, 1.54) is 12.8 Å². The van der Waals surface area contributed by atoms with Crippen LogP contribution in [0, 0.1) is 11.8 Å². The largest absolute Gasteiger partial charge is 0.363 e. The van der Waals surface area contributed by atoms with Crippen LogP contribution in [0.3, 0.4) is 0 Å². The molecule has 3 heteroatoms. The van der Waals surface area contributed by atoms with Crippen molar-refractivity contribution in [3.63, 3.8) is 0 Å². The van der Waals surface area contributed by atoms with Crippen molar-refractivity contribution in [2.75, 3.05) is 13.2 Å². The SMILES string of the molecule is CC1CNC(C2CC2)OC1.Cl. The molecule has 1 aliphatic carbocycles. The lowest BCUT2D eigenvalue weighted by Gasteiger charge is -2.28. The number of hydrogen-bond acceptors (Lipinski definition) is 2. The summed E-state index contributed by atoms with van der Waals surface area (Å²) in [5, 5.41) is 3.41. The predicted octanol–water partition coefficient (Wildman–Crippen LogP) is 1.40. The zero-order valence-corrected chi connectivity index (χ0v) is 7.69. The zero-order valence-electron chi connectivity index (χ0n) is 6.88. The first-order valence-corrected chi connectivity index (χ1v) is 4.21. The van der Waals surface area contributed by atoms with Crippen LogP contribution in [0.2, 0.25) is 0 Å². The fraction of sp³-hybridized carbons (Fsp3) is 1.00. The van der Waals surface area contributed by atoms with E-state index in [0.717, 1.165) is 19.1 Å². The molecule has 1 heterocycles. The molecule has 1 saturated heterocycles. The second-order valence-corrected chi connectivity index (χ2v) is 3.60. The fourth-order valence-corrected chi connectivity index (χ4v) is 1.40. The fourth-order valence-electron chi connectivity index (χ4n) is 1.40. The molecule has 1 saturated carbocycles. The van der Waals surface area contributed by atoms with Crippen molar-refractivity contribution < 1.29 is 4.74 Å². The first-order chi connectivity index (χ1) is 4.86. The standard InChI is InChI=1S/C8H15NO.ClH/c1-6-4-9-8(10-5-6)7-2-3-7;/h6-9H,2-5H2,1H3;1H. The van der Waals surface area contributed by atoms with E-state index < -0.39 is 0 Å². The monoisotopic (exact) mass is 177 g/mol. The van der Waals surface area contributed by atoms with Gasteiger partial charge in [-0.15, -0.1) is 12.4 Å². The first kappa shape index (κ1) is 9.30. The van der Waals surface area contributed by atoms with Crippen LogP contribution < -0.4 is 5.32 Å². The maximum Gasteiger partial charge on any atom is 0.110 e. The van der Waals surface area contributed by atoms with E-state index in [1.54, 1.807) is 0 Å². The average molecular weight is 178 g/mol. The number of nitrogens with one attached hydrogen (secondary N) is 1. The van der Waals surface area contributed by atoms with Crippen LogP contribution >= 0.6 is 12.4 Å². The molecule has 2 fully saturated rings. The third-order valence-electron chi connectivity index (χ3n) is 2.28. The van der Waals surface area contributed by atoms with Gasteiger partial charge in [0.25, 0.3) is 0 Å². The van der Waals surface area contributed by atoms with E-state index in [2.05, 4.69) is 12.2 Å². The van der Waals surface area contributed by atoms with Gasteiger partial charge in [-0.05, 0) is 24.7 Å². The van der Waals surface area contributed by atoms with Crippen LogP contribution in [0.4, 0.5) is 0 Å². The topological polar surface area (TPSA) is 21.3 Å². The van der Waals surface area contributed by atoms with Crippen LogP contribution in [-0.4, -0.2) is 19.4 Å². The minimum atomic E-state index is 0. The Morgan fingerprint density at radius 1 is 1.36 bits per heavy atom. The van der Waals surface area contributed by atoms with Gasteiger partial charge < -0.3 is 4.74 Å². The lowest BCUT2D eigenvalue weighted by atomic mass is 10.1. The minimum Gasteiger partial charge on any atom is -0.363 e. The average Bonchev–Trinajstić information content (AvgIpc) is 2.71. The Hall–Kier alpha value is 0.210. The number of ether oxygens (including phenoxy) is 1. The molecule has 1 N–H and O–H groups in total. The third-order valence-corrected chi connectivity index (χ3v) is 2.28. The van der Waals surface area contributed by atoms with Crippen molar-refractivity contribution in [1.29, 1.82) is 0 Å². The van der Waals surface area contributed by atoms with Gasteiger partial charge in [0.15, 0.2) is 0 Å². The molecule has 1 aliphatic heterocycles. The summed E-state index contributed by atoms with van der Waals surface area (Å²) < 4.78 is 5.60. The van der Waals surface area contributed by atoms with E-state index in [4.69, 9.17) is 4.74 Å². The molecule has 0 aromatic heterocycles. The van der Waals surface area contributed by atoms with Gasteiger partial charge in [0.1, 0.15) is 6.23 Å². The Bertz CT molecular complexity index is 119. The first-order valence-electron chi connectivity index (χ1n) is 4.21. The smallest absolute Gasteiger partial charge is 0.110 e. The Morgan fingerprint density at radius 3 is 2.55 bits per heavy atom. The lowest BCUT2D eigenvalue weighted by Crippen LogP contribution is -2.43. The van der Waals surface area contributed by atoms with E-state index in [1.807, 2.05) is 0 Å². The molecule has 0 aromatic rings. The molecule has 2 atom stereocenters. The molecule has 2 rings (SSSR count). The molecule has 11 heavy (non-hydrogen) atoms. The van der Waals surface area contributed by atoms with E-state index in [9.17, 15) is 0 Å². The van der Waals surface area contributed by atoms with Gasteiger partial charge in [0.05, 0.1) is 6.61 Å². The summed E-state index contributed by atoms with van der Waals surface area (Å²) in [6, 6.07) is 0. The molecule has 0 bridgehead atoms. The summed E-state index contributed by atoms with van der Waals surface area (Å²) in [4.78, 5) is 0. The highest BCUT2D eigenvalue weighted by molar-refractivity contribution is 5.85. The Kier molecular flexibility index (Phi) is 3.16. The highest BCUT2D eigenvalue weighted by atomic mass is 35.5. The maximum absolute atomic E-state index is 5.60. The molecule has 2 unspecified atom stereocenters. The second kappa shape index (κ2) is 3.74. The van der Waals surface area contributed by atoms with Crippen LogP contribution in [0.15, 0.2) is 0 Å². The van der Waals surface area contributed by atoms with Crippen molar-refractivity contribution in [3.05, 3.63) is 0 Å². The Labute approximate surface area is 74.1 Å². The van der Waals surface area contributed by atoms with E-state index in [-0.39, 0.29) is 12.4 Å². The van der Waals surface area contributed by atoms with Crippen molar-refractivity contribution in [2.24, 2.45) is 11.8 Å². The van der Waals surface area contributed by atoms with Gasteiger partial charge in [-0.3, -0.25) is 5.32 Å². The highest BCUT2D eigenvalue weighted by Crippen LogP contribution is 2.34. The summed E-state index contributed by atoms with van der Waals surface area (Å²) >= 11 is 0. The molecular formula is C8H16ClNO. The van der Waals surface area contributed by atoms with Crippen molar-refractivity contribution >= 4 is 12.4 Å². The zero-order chi connectivity index (χ0) is 6.97. The maximum atomic E-state index is 5.60. The molecule has 2 nitrogen and oxygen atoms in total. The number of rotatable bonds is 1. The third kappa shape index (κ3) is 2.32. The normalized spacial score (nSPS) is 37.9. The molecular weight excluding hydrogens is 162 g/mol. The van der Waals surface area contributed by atoms with Crippen molar-refractivity contribution in [3.8, 4) is 0 Å². The van der Waals surface area contributed by atoms with Gasteiger partial charge in [0.2, 0.25) is 0 Å². The van der Waals surface area contributed by atoms with Gasteiger partial charge in [-0.25, -0.2) is 0 Å². The van der Waals surface area contributed by atoms with E-state index in [0.29, 0.717) is 12.1 Å². The second-order valence-electron chi connectivity index (χ2n) is 3.60. The Balaban J connectivity index is 0.000000605. The molecule has 66 valence electrons. The summed E-state index contributed by atoms with van der Waals surface area (Å²) in [6.07, 6.45) is 3.13. The summed E-state index contributed by atoms with van der Waals surface area (Å²) in [5.74, 6) is 1.54. The molecule has 0 spiro atoms. The van der Waals surface area contributed by atoms with Crippen molar-refractivity contribution in [2.45, 2.75) is 26.0 Å². The van der Waals surface area contributed by atoms with Crippen molar-refractivity contribution in [1.82, 2.24) is 5.32 Å². The van der Waals surface area contributed by atoms with Crippen LogP contribution in [0.5, 0.6) is 0 Å². The van der Waals surface area contributed by atoms with Crippen LogP contribution in [0.25, 0.3) is 0 Å². The van der Waals surface area contributed by atoms with Gasteiger partial charge in [-0.2, -0.15) is 0 Å². The van der Waals surface area contributed by atoms with Crippen LogP contribution in [0.1, 0.15) is 19.8 Å². The van der Waals surface area contributed by atoms with Gasteiger partial charge in [-0.1, -0.05) is 6.92 Å². The Morgan fingerprint density at radius 2 is 2.09 bits per heavy atom. The van der Waals surface area contributed by atoms with Gasteiger partial charge in [0, 0.05) is 6.54 Å². The summed E-state index contributed by atoms with van der Waals surface area (Å²) in [5.41, 5.74) is 0. The minimum absolute atomic E-state index is 0. The molecule has 2 aliphatic rings. The van der Waals surface area contributed by atoms with Crippen LogP contribution in [-0.2, 0) is 4.74 Å². The predicted molar refractivity (Wildman–Crippen MR) is 46.9 cm³/mol. The molecule has 0 amide bonds. The molecule has 0 aromatic carbocycles. The quantitative estimate of drug-likeness (QED) is 0.654. The lowest BCUT2D eigenvalue weighted by molar-refractivity contribution is -0.0357. The van der Waals surface area contributed by atoms with E-state index >= 15 is 0 Å². The highest BCUT2D eigenvalue weighted by Gasteiger charge is 2.33. The summed E-state index contributed by atoms with van der Waals surface area (Å²) in [7, 11) is 0. The molecule has 0 radical (unpaired) electrons.